The second-order valence-electron chi connectivity index (χ2n) is 5.62. The molecule has 2 saturated heterocycles. The molecule has 2 aliphatic rings. The lowest BCUT2D eigenvalue weighted by Gasteiger charge is -2.26. The van der Waals surface area contributed by atoms with Gasteiger partial charge in [-0.25, -0.2) is 4.79 Å². The Labute approximate surface area is 116 Å². The van der Waals surface area contributed by atoms with Crippen LogP contribution in [0.3, 0.4) is 0 Å². The summed E-state index contributed by atoms with van der Waals surface area (Å²) in [6.45, 7) is 1.91. The van der Waals surface area contributed by atoms with Crippen LogP contribution in [0.2, 0.25) is 0 Å². The standard InChI is InChI=1S/C12H21F3N4O/c1-18-5-3-8-6-19(7-9(8)18)11(20)17-10(2-4-16)12(13,14)15/h8-10H,2-7,16H2,1H3,(H,17,20)/t8-,9+,10?/m1/s1. The highest BCUT2D eigenvalue weighted by atomic mass is 19.4. The number of nitrogens with zero attached hydrogens (tertiary/aromatic N) is 2. The second kappa shape index (κ2) is 5.77. The number of rotatable bonds is 3. The molecular formula is C12H21F3N4O. The topological polar surface area (TPSA) is 61.6 Å². The van der Waals surface area contributed by atoms with Crippen molar-refractivity contribution in [2.45, 2.75) is 31.1 Å². The monoisotopic (exact) mass is 294 g/mol. The van der Waals surface area contributed by atoms with Crippen LogP contribution >= 0.6 is 0 Å². The van der Waals surface area contributed by atoms with Crippen molar-refractivity contribution in [1.82, 2.24) is 15.1 Å². The number of carbonyl (C=O) groups excluding carboxylic acids is 1. The highest BCUT2D eigenvalue weighted by molar-refractivity contribution is 5.75. The Hall–Kier alpha value is -1.02. The van der Waals surface area contributed by atoms with E-state index in [-0.39, 0.29) is 19.0 Å². The Morgan fingerprint density at radius 3 is 2.70 bits per heavy atom. The van der Waals surface area contributed by atoms with Gasteiger partial charge in [-0.15, -0.1) is 0 Å². The molecular weight excluding hydrogens is 273 g/mol. The van der Waals surface area contributed by atoms with Crippen LogP contribution in [0.15, 0.2) is 0 Å². The maximum atomic E-state index is 12.8. The van der Waals surface area contributed by atoms with E-state index in [1.807, 2.05) is 7.05 Å². The number of amides is 2. The number of nitrogens with one attached hydrogen (secondary N) is 1. The summed E-state index contributed by atoms with van der Waals surface area (Å²) in [7, 11) is 1.99. The summed E-state index contributed by atoms with van der Waals surface area (Å²) in [5.74, 6) is 0.379. The fourth-order valence-electron chi connectivity index (χ4n) is 3.06. The van der Waals surface area contributed by atoms with Gasteiger partial charge in [-0.3, -0.25) is 0 Å². The Bertz CT molecular complexity index is 363. The van der Waals surface area contributed by atoms with Gasteiger partial charge in [0.05, 0.1) is 0 Å². The molecule has 0 bridgehead atoms. The molecule has 0 spiro atoms. The lowest BCUT2D eigenvalue weighted by atomic mass is 10.1. The predicted molar refractivity (Wildman–Crippen MR) is 68.1 cm³/mol. The van der Waals surface area contributed by atoms with Gasteiger partial charge in [0, 0.05) is 19.1 Å². The van der Waals surface area contributed by atoms with Gasteiger partial charge in [-0.05, 0) is 38.9 Å². The third-order valence-electron chi connectivity index (χ3n) is 4.26. The minimum atomic E-state index is -4.46. The molecule has 2 fully saturated rings. The number of likely N-dealkylation sites (tertiary alicyclic amines) is 2. The van der Waals surface area contributed by atoms with E-state index >= 15 is 0 Å². The molecule has 1 unspecified atom stereocenters. The first-order valence-corrected chi connectivity index (χ1v) is 6.85. The molecule has 0 aromatic heterocycles. The van der Waals surface area contributed by atoms with Crippen LogP contribution in [-0.4, -0.2) is 67.3 Å². The van der Waals surface area contributed by atoms with E-state index in [0.29, 0.717) is 19.0 Å². The van der Waals surface area contributed by atoms with Crippen molar-refractivity contribution in [3.8, 4) is 0 Å². The van der Waals surface area contributed by atoms with E-state index in [1.165, 1.54) is 4.90 Å². The van der Waals surface area contributed by atoms with Gasteiger partial charge in [0.1, 0.15) is 6.04 Å². The van der Waals surface area contributed by atoms with Crippen molar-refractivity contribution in [2.75, 3.05) is 33.2 Å². The molecule has 8 heteroatoms. The number of hydrogen-bond acceptors (Lipinski definition) is 3. The Morgan fingerprint density at radius 2 is 2.15 bits per heavy atom. The van der Waals surface area contributed by atoms with Crippen molar-refractivity contribution >= 4 is 6.03 Å². The average Bonchev–Trinajstić information content (AvgIpc) is 2.90. The Morgan fingerprint density at radius 1 is 1.45 bits per heavy atom. The minimum absolute atomic E-state index is 0.113. The van der Waals surface area contributed by atoms with Gasteiger partial charge in [0.15, 0.2) is 0 Å². The summed E-state index contributed by atoms with van der Waals surface area (Å²) < 4.78 is 38.3. The maximum absolute atomic E-state index is 12.8. The predicted octanol–water partition coefficient (Wildman–Crippen LogP) is 0.612. The number of likely N-dealkylation sites (N-methyl/N-ethyl adjacent to an activating group) is 1. The van der Waals surface area contributed by atoms with Crippen molar-refractivity contribution in [3.63, 3.8) is 0 Å². The zero-order chi connectivity index (χ0) is 14.9. The molecule has 0 aromatic rings. The first-order valence-electron chi connectivity index (χ1n) is 6.85. The molecule has 2 aliphatic heterocycles. The van der Waals surface area contributed by atoms with E-state index in [4.69, 9.17) is 5.73 Å². The molecule has 3 atom stereocenters. The van der Waals surface area contributed by atoms with Gasteiger partial charge in [0.2, 0.25) is 0 Å². The molecule has 0 radical (unpaired) electrons. The molecule has 3 N–H and O–H groups in total. The van der Waals surface area contributed by atoms with Gasteiger partial charge in [-0.1, -0.05) is 0 Å². The quantitative estimate of drug-likeness (QED) is 0.802. The van der Waals surface area contributed by atoms with Crippen LogP contribution in [0, 0.1) is 5.92 Å². The average molecular weight is 294 g/mol. The van der Waals surface area contributed by atoms with Crippen LogP contribution < -0.4 is 11.1 Å². The second-order valence-corrected chi connectivity index (χ2v) is 5.62. The minimum Gasteiger partial charge on any atom is -0.330 e. The highest BCUT2D eigenvalue weighted by Gasteiger charge is 2.44. The molecule has 116 valence electrons. The number of urea groups is 1. The van der Waals surface area contributed by atoms with Crippen molar-refractivity contribution < 1.29 is 18.0 Å². The smallest absolute Gasteiger partial charge is 0.330 e. The molecule has 5 nitrogen and oxygen atoms in total. The summed E-state index contributed by atoms with van der Waals surface area (Å²) in [4.78, 5) is 15.6. The van der Waals surface area contributed by atoms with Crippen LogP contribution in [0.5, 0.6) is 0 Å². The number of carbonyl (C=O) groups is 1. The van der Waals surface area contributed by atoms with E-state index < -0.39 is 18.2 Å². The Kier molecular flexibility index (Phi) is 4.43. The molecule has 0 aromatic carbocycles. The lowest BCUT2D eigenvalue weighted by Crippen LogP contribution is -2.51. The van der Waals surface area contributed by atoms with E-state index in [2.05, 4.69) is 10.2 Å². The number of fused-ring (bicyclic) bond motifs is 1. The first-order chi connectivity index (χ1) is 9.32. The number of halogens is 3. The molecule has 2 amide bonds. The van der Waals surface area contributed by atoms with Crippen LogP contribution in [0.1, 0.15) is 12.8 Å². The summed E-state index contributed by atoms with van der Waals surface area (Å²) in [5, 5.41) is 2.07. The van der Waals surface area contributed by atoms with Crippen LogP contribution in [-0.2, 0) is 0 Å². The third kappa shape index (κ3) is 3.17. The van der Waals surface area contributed by atoms with Crippen molar-refractivity contribution in [3.05, 3.63) is 0 Å². The molecule has 20 heavy (non-hydrogen) atoms. The molecule has 0 aliphatic carbocycles. The number of nitrogens with two attached hydrogens (primary N) is 1. The normalized spacial score (nSPS) is 28.6. The largest absolute Gasteiger partial charge is 0.408 e. The number of alkyl halides is 3. The highest BCUT2D eigenvalue weighted by Crippen LogP contribution is 2.30. The van der Waals surface area contributed by atoms with Gasteiger partial charge < -0.3 is 20.9 Å². The van der Waals surface area contributed by atoms with Crippen molar-refractivity contribution in [2.24, 2.45) is 11.7 Å². The van der Waals surface area contributed by atoms with E-state index in [1.54, 1.807) is 0 Å². The fourth-order valence-corrected chi connectivity index (χ4v) is 3.06. The van der Waals surface area contributed by atoms with Gasteiger partial charge in [0.25, 0.3) is 0 Å². The molecule has 0 saturated carbocycles. The van der Waals surface area contributed by atoms with Crippen LogP contribution in [0.25, 0.3) is 0 Å². The Balaban J connectivity index is 1.92. The number of hydrogen-bond donors (Lipinski definition) is 2. The first kappa shape index (κ1) is 15.4. The van der Waals surface area contributed by atoms with Gasteiger partial charge in [-0.2, -0.15) is 13.2 Å². The van der Waals surface area contributed by atoms with Gasteiger partial charge >= 0.3 is 12.2 Å². The summed E-state index contributed by atoms with van der Waals surface area (Å²) in [6, 6.07) is -2.22. The summed E-state index contributed by atoms with van der Waals surface area (Å²) >= 11 is 0. The maximum Gasteiger partial charge on any atom is 0.408 e. The van der Waals surface area contributed by atoms with E-state index in [0.717, 1.165) is 13.0 Å². The zero-order valence-electron chi connectivity index (χ0n) is 11.5. The van der Waals surface area contributed by atoms with E-state index in [9.17, 15) is 18.0 Å². The molecule has 2 heterocycles. The SMILES string of the molecule is CN1CC[C@@H]2CN(C(=O)NC(CCN)C(F)(F)F)C[C@@H]21. The summed E-state index contributed by atoms with van der Waals surface area (Å²) in [6.07, 6.45) is -3.76. The van der Waals surface area contributed by atoms with Crippen molar-refractivity contribution in [1.29, 1.82) is 0 Å². The molecule has 2 rings (SSSR count). The fraction of sp³-hybridized carbons (Fsp3) is 0.917. The van der Waals surface area contributed by atoms with Crippen LogP contribution in [0.4, 0.5) is 18.0 Å². The lowest BCUT2D eigenvalue weighted by molar-refractivity contribution is -0.154. The summed E-state index contributed by atoms with van der Waals surface area (Å²) in [5.41, 5.74) is 5.18. The zero-order valence-corrected chi connectivity index (χ0v) is 11.5. The third-order valence-corrected chi connectivity index (χ3v) is 4.26.